The van der Waals surface area contributed by atoms with Crippen molar-refractivity contribution in [2.45, 2.75) is 87.9 Å². The third-order valence-corrected chi connectivity index (χ3v) is 17.8. The van der Waals surface area contributed by atoms with Crippen molar-refractivity contribution in [3.05, 3.63) is 176 Å². The molecule has 76 heavy (non-hydrogen) atoms. The predicted molar refractivity (Wildman–Crippen MR) is 309 cm³/mol. The number of nitrogens with zero attached hydrogens (tertiary/aromatic N) is 4. The molecule has 13 nitrogen and oxygen atoms in total. The largest absolute Gasteiger partial charge is 0.369 e. The first-order valence-electron chi connectivity index (χ1n) is 24.5. The molecule has 0 N–H and O–H groups in total. The Morgan fingerprint density at radius 2 is 0.882 bits per heavy atom. The van der Waals surface area contributed by atoms with Crippen molar-refractivity contribution >= 4 is 112 Å². The summed E-state index contributed by atoms with van der Waals surface area (Å²) in [6.45, 7) is 5.69. The van der Waals surface area contributed by atoms with Crippen LogP contribution in [0.25, 0.3) is 0 Å². The highest BCUT2D eigenvalue weighted by Gasteiger charge is 2.52. The molecule has 5 aromatic carbocycles. The van der Waals surface area contributed by atoms with E-state index in [0.29, 0.717) is 20.6 Å². The highest BCUT2D eigenvalue weighted by Crippen LogP contribution is 2.47. The molecule has 20 heteroatoms. The zero-order chi connectivity index (χ0) is 55.1. The number of benzene rings is 5. The van der Waals surface area contributed by atoms with E-state index in [1.165, 1.54) is 55.4 Å². The second-order valence-corrected chi connectivity index (χ2v) is 22.6. The maximum atomic E-state index is 12.2. The fourth-order valence-corrected chi connectivity index (χ4v) is 13.4. The number of amides is 4. The standard InChI is InChI=1S/C17H16ClNO2S.C14H18ClNO2S.C13H15NO3S.C12H14ClNO2S/c1-21-16-15(13-9-5-6-10-14(13)18)19(17(16)20)22-11-12-7-3-2-4-8-12;1-3-4-9-19-16-12(13(18-2)14(16)17)10-7-5-6-8-11(10)15;1-8(15)9-4-6-10(7-5-9)11-12(17-2)13(16)14(11)18-3;1-3-17-14-10(11(16-2)12(14)15)8-6-4-5-7-9(8)13/h2-10,15-16H,11H2,1H3;5-8,12-13H,3-4,9H2,1-2H3;4-7,11-12H,1-3H3;4-7,10-11H,3H2,1-2H3. The number of carbonyl (C=O) groups is 5. The van der Waals surface area contributed by atoms with Crippen LogP contribution in [0.1, 0.15) is 96.0 Å². The van der Waals surface area contributed by atoms with Crippen molar-refractivity contribution in [1.29, 1.82) is 0 Å². The monoisotopic (exact) mass is 1170 g/mol. The van der Waals surface area contributed by atoms with Crippen LogP contribution in [0.15, 0.2) is 127 Å². The van der Waals surface area contributed by atoms with Gasteiger partial charge in [-0.15, -0.1) is 0 Å². The van der Waals surface area contributed by atoms with E-state index in [2.05, 4.69) is 19.1 Å². The van der Waals surface area contributed by atoms with E-state index in [9.17, 15) is 24.0 Å². The van der Waals surface area contributed by atoms with Gasteiger partial charge in [-0.3, -0.25) is 41.2 Å². The van der Waals surface area contributed by atoms with Gasteiger partial charge >= 0.3 is 0 Å². The summed E-state index contributed by atoms with van der Waals surface area (Å²) in [4.78, 5) is 59.0. The summed E-state index contributed by atoms with van der Waals surface area (Å²) in [6.07, 6.45) is 2.40. The third kappa shape index (κ3) is 14.0. The first-order valence-corrected chi connectivity index (χ1v) is 29.6. The minimum Gasteiger partial charge on any atom is -0.369 e. The van der Waals surface area contributed by atoms with Crippen LogP contribution >= 0.6 is 82.6 Å². The molecule has 4 amide bonds. The zero-order valence-corrected chi connectivity index (χ0v) is 49.0. The SMILES string of the molecule is CCCCSN1C(=O)C(OC)C1c1ccccc1Cl.CCSN1C(=O)C(OC)C1c1ccccc1Cl.COC1C(=O)N(SC)C1c1ccc(C(C)=O)cc1.COC1C(=O)N(SCc2ccccc2)C1c1ccccc1Cl. The van der Waals surface area contributed by atoms with Gasteiger partial charge in [-0.1, -0.05) is 176 Å². The van der Waals surface area contributed by atoms with Gasteiger partial charge in [0.15, 0.2) is 30.2 Å². The minimum atomic E-state index is -0.455. The van der Waals surface area contributed by atoms with Gasteiger partial charge in [0.1, 0.15) is 24.2 Å². The van der Waals surface area contributed by atoms with Crippen LogP contribution in [0.4, 0.5) is 0 Å². The Morgan fingerprint density at radius 1 is 0.500 bits per heavy atom. The third-order valence-electron chi connectivity index (χ3n) is 12.8. The van der Waals surface area contributed by atoms with Crippen molar-refractivity contribution in [2.75, 3.05) is 46.2 Å². The lowest BCUT2D eigenvalue weighted by Gasteiger charge is -2.45. The summed E-state index contributed by atoms with van der Waals surface area (Å²) in [5.74, 6) is 2.61. The summed E-state index contributed by atoms with van der Waals surface area (Å²) < 4.78 is 28.1. The highest BCUT2D eigenvalue weighted by molar-refractivity contribution is 7.98. The van der Waals surface area contributed by atoms with Crippen LogP contribution < -0.4 is 0 Å². The molecule has 8 atom stereocenters. The molecule has 4 aliphatic heterocycles. The average molecular weight is 1170 g/mol. The normalized spacial score (nSPS) is 22.4. The molecule has 0 aromatic heterocycles. The van der Waals surface area contributed by atoms with Crippen LogP contribution in [-0.4, -0.2) is 117 Å². The van der Waals surface area contributed by atoms with E-state index in [1.807, 2.05) is 116 Å². The second kappa shape index (κ2) is 29.7. The Labute approximate surface area is 478 Å². The van der Waals surface area contributed by atoms with Crippen LogP contribution in [0.2, 0.25) is 15.1 Å². The number of β-lactam (4-membered cyclic amide) rings is 4. The van der Waals surface area contributed by atoms with Crippen LogP contribution in [-0.2, 0) is 43.9 Å². The Morgan fingerprint density at radius 3 is 1.26 bits per heavy atom. The number of rotatable bonds is 19. The maximum Gasteiger partial charge on any atom is 0.264 e. The molecule has 8 unspecified atom stereocenters. The lowest BCUT2D eigenvalue weighted by atomic mass is 9.93. The van der Waals surface area contributed by atoms with Gasteiger partial charge in [0.25, 0.3) is 23.6 Å². The molecule has 0 saturated carbocycles. The summed E-state index contributed by atoms with van der Waals surface area (Å²) in [7, 11) is 6.23. The Balaban J connectivity index is 0.000000165. The van der Waals surface area contributed by atoms with Crippen LogP contribution in [0, 0.1) is 0 Å². The van der Waals surface area contributed by atoms with Gasteiger partial charge in [-0.05, 0) is 95.2 Å². The van der Waals surface area contributed by atoms with Gasteiger partial charge in [0, 0.05) is 72.6 Å². The molecule has 4 saturated heterocycles. The first kappa shape index (κ1) is 61.0. The van der Waals surface area contributed by atoms with E-state index in [-0.39, 0.29) is 53.6 Å². The average Bonchev–Trinajstić information content (AvgIpc) is 3.42. The van der Waals surface area contributed by atoms with Crippen molar-refractivity contribution in [1.82, 2.24) is 17.2 Å². The molecular formula is C56H63Cl3N4O9S4. The highest BCUT2D eigenvalue weighted by atomic mass is 35.5. The minimum absolute atomic E-state index is 0.00616. The quantitative estimate of drug-likeness (QED) is 0.0336. The molecule has 9 rings (SSSR count). The lowest BCUT2D eigenvalue weighted by molar-refractivity contribution is -0.158. The molecule has 0 bridgehead atoms. The van der Waals surface area contributed by atoms with Gasteiger partial charge in [0.05, 0.1) is 0 Å². The molecule has 0 aliphatic carbocycles. The molecule has 4 aliphatic rings. The van der Waals surface area contributed by atoms with E-state index >= 15 is 0 Å². The number of ketones is 1. The first-order chi connectivity index (χ1) is 36.7. The van der Waals surface area contributed by atoms with Crippen LogP contribution in [0.3, 0.4) is 0 Å². The van der Waals surface area contributed by atoms with E-state index < -0.39 is 24.4 Å². The Kier molecular flexibility index (Phi) is 23.8. The van der Waals surface area contributed by atoms with Crippen molar-refractivity contribution < 1.29 is 42.9 Å². The van der Waals surface area contributed by atoms with Gasteiger partial charge < -0.3 is 18.9 Å². The number of halogens is 3. The van der Waals surface area contributed by atoms with Crippen LogP contribution in [0.5, 0.6) is 0 Å². The molecule has 4 fully saturated rings. The fourth-order valence-electron chi connectivity index (χ4n) is 8.71. The summed E-state index contributed by atoms with van der Waals surface area (Å²) in [5, 5.41) is 2.02. The van der Waals surface area contributed by atoms with Crippen molar-refractivity contribution in [3.63, 3.8) is 0 Å². The number of Topliss-reactive ketones (excluding diaryl/α,β-unsaturated/α-hetero) is 1. The van der Waals surface area contributed by atoms with E-state index in [1.54, 1.807) is 62.6 Å². The number of ether oxygens (including phenoxy) is 4. The summed E-state index contributed by atoms with van der Waals surface area (Å²) in [5.41, 5.74) is 5.67. The molecule has 0 radical (unpaired) electrons. The van der Waals surface area contributed by atoms with E-state index in [0.717, 1.165) is 52.4 Å². The lowest BCUT2D eigenvalue weighted by Crippen LogP contribution is -2.56. The number of methoxy groups -OCH3 is 4. The topological polar surface area (TPSA) is 135 Å². The smallest absolute Gasteiger partial charge is 0.264 e. The fraction of sp³-hybridized carbons (Fsp3) is 0.375. The molecule has 5 aromatic rings. The Bertz CT molecular complexity index is 2740. The summed E-state index contributed by atoms with van der Waals surface area (Å²) >= 11 is 24.6. The Hall–Kier alpha value is -4.24. The van der Waals surface area contributed by atoms with Gasteiger partial charge in [-0.2, -0.15) is 0 Å². The molecular weight excluding hydrogens is 1110 g/mol. The number of hydrogen-bond donors (Lipinski definition) is 0. The maximum absolute atomic E-state index is 12.2. The second-order valence-electron chi connectivity index (χ2n) is 17.3. The van der Waals surface area contributed by atoms with Gasteiger partial charge in [0.2, 0.25) is 0 Å². The zero-order valence-electron chi connectivity index (χ0n) is 43.5. The number of unbranched alkanes of at least 4 members (excludes halogenated alkanes) is 1. The molecule has 0 spiro atoms. The van der Waals surface area contributed by atoms with Crippen molar-refractivity contribution in [2.24, 2.45) is 0 Å². The number of hydrogen-bond acceptors (Lipinski definition) is 13. The molecule has 4 heterocycles. The summed E-state index contributed by atoms with van der Waals surface area (Å²) in [6, 6.07) is 39.8. The van der Waals surface area contributed by atoms with Gasteiger partial charge in [-0.25, -0.2) is 0 Å². The van der Waals surface area contributed by atoms with Crippen molar-refractivity contribution in [3.8, 4) is 0 Å². The van der Waals surface area contributed by atoms with E-state index in [4.69, 9.17) is 53.8 Å². The number of carbonyl (C=O) groups excluding carboxylic acids is 5. The predicted octanol–water partition coefficient (Wildman–Crippen LogP) is 12.7. The molecule has 406 valence electrons.